The third-order valence-electron chi connectivity index (χ3n) is 3.59. The molecule has 1 fully saturated rings. The van der Waals surface area contributed by atoms with Gasteiger partial charge >= 0.3 is 0 Å². The molecule has 0 bridgehead atoms. The van der Waals surface area contributed by atoms with Crippen LogP contribution in [0.1, 0.15) is 53.4 Å². The molecule has 0 aromatic rings. The molecule has 0 spiro atoms. The first kappa shape index (κ1) is 15.4. The topological polar surface area (TPSA) is 50.4 Å². The van der Waals surface area contributed by atoms with Crippen molar-refractivity contribution in [3.8, 4) is 0 Å². The number of amides is 1. The molecule has 1 aliphatic heterocycles. The summed E-state index contributed by atoms with van der Waals surface area (Å²) in [7, 11) is 0. The van der Waals surface area contributed by atoms with Gasteiger partial charge in [0.15, 0.2) is 0 Å². The Morgan fingerprint density at radius 3 is 2.72 bits per heavy atom. The van der Waals surface area contributed by atoms with Gasteiger partial charge in [-0.2, -0.15) is 0 Å². The van der Waals surface area contributed by atoms with Gasteiger partial charge < -0.3 is 15.4 Å². The van der Waals surface area contributed by atoms with Crippen molar-refractivity contribution in [1.82, 2.24) is 10.6 Å². The first-order valence-corrected chi connectivity index (χ1v) is 7.14. The zero-order valence-electron chi connectivity index (χ0n) is 12.2. The second-order valence-electron chi connectivity index (χ2n) is 5.70. The molecule has 2 N–H and O–H groups in total. The molecule has 3 atom stereocenters. The van der Waals surface area contributed by atoms with Crippen LogP contribution in [0.5, 0.6) is 0 Å². The fourth-order valence-corrected chi connectivity index (χ4v) is 2.31. The molecule has 0 aromatic heterocycles. The lowest BCUT2D eigenvalue weighted by Crippen LogP contribution is -2.49. The van der Waals surface area contributed by atoms with E-state index in [0.29, 0.717) is 0 Å². The summed E-state index contributed by atoms with van der Waals surface area (Å²) >= 11 is 0. The monoisotopic (exact) mass is 256 g/mol. The highest BCUT2D eigenvalue weighted by Gasteiger charge is 2.30. The van der Waals surface area contributed by atoms with E-state index < -0.39 is 0 Å². The second kappa shape index (κ2) is 7.10. The van der Waals surface area contributed by atoms with E-state index in [2.05, 4.69) is 31.4 Å². The van der Waals surface area contributed by atoms with Gasteiger partial charge in [0.25, 0.3) is 0 Å². The number of hydrogen-bond donors (Lipinski definition) is 2. The Kier molecular flexibility index (Phi) is 6.09. The van der Waals surface area contributed by atoms with E-state index in [1.807, 2.05) is 6.92 Å². The van der Waals surface area contributed by atoms with Gasteiger partial charge in [0.2, 0.25) is 5.91 Å². The zero-order valence-corrected chi connectivity index (χ0v) is 12.2. The number of rotatable bonds is 7. The molecule has 1 amide bonds. The van der Waals surface area contributed by atoms with Crippen LogP contribution in [0.3, 0.4) is 0 Å². The average molecular weight is 256 g/mol. The van der Waals surface area contributed by atoms with Crippen molar-refractivity contribution in [1.29, 1.82) is 0 Å². The van der Waals surface area contributed by atoms with Gasteiger partial charge in [-0.1, -0.05) is 13.3 Å². The minimum absolute atomic E-state index is 0.0811. The van der Waals surface area contributed by atoms with E-state index in [0.717, 1.165) is 38.8 Å². The summed E-state index contributed by atoms with van der Waals surface area (Å²) in [5.41, 5.74) is -0.0937. The second-order valence-corrected chi connectivity index (χ2v) is 5.70. The third kappa shape index (κ3) is 4.94. The van der Waals surface area contributed by atoms with Crippen LogP contribution in [0.15, 0.2) is 0 Å². The Balaban J connectivity index is 2.27. The predicted molar refractivity (Wildman–Crippen MR) is 73.6 cm³/mol. The van der Waals surface area contributed by atoms with E-state index >= 15 is 0 Å². The van der Waals surface area contributed by atoms with Gasteiger partial charge in [0, 0.05) is 19.2 Å². The van der Waals surface area contributed by atoms with Crippen LogP contribution in [-0.4, -0.2) is 36.7 Å². The van der Waals surface area contributed by atoms with Crippen LogP contribution in [0.4, 0.5) is 0 Å². The molecule has 1 saturated heterocycles. The SMILES string of the molecule is CCCC(C)NC(=O)C(C)NCC1(C)CCCO1. The van der Waals surface area contributed by atoms with Crippen LogP contribution in [0, 0.1) is 0 Å². The quantitative estimate of drug-likeness (QED) is 0.731. The molecule has 1 aliphatic rings. The molecule has 4 heteroatoms. The fourth-order valence-electron chi connectivity index (χ4n) is 2.31. The van der Waals surface area contributed by atoms with Crippen LogP contribution in [0.2, 0.25) is 0 Å². The largest absolute Gasteiger partial charge is 0.374 e. The zero-order chi connectivity index (χ0) is 13.6. The van der Waals surface area contributed by atoms with Crippen molar-refractivity contribution >= 4 is 5.91 Å². The minimum atomic E-state index is -0.162. The lowest BCUT2D eigenvalue weighted by molar-refractivity contribution is -0.123. The molecular formula is C14H28N2O2. The molecular weight excluding hydrogens is 228 g/mol. The highest BCUT2D eigenvalue weighted by molar-refractivity contribution is 5.81. The summed E-state index contributed by atoms with van der Waals surface area (Å²) < 4.78 is 5.70. The van der Waals surface area contributed by atoms with Crippen molar-refractivity contribution in [2.75, 3.05) is 13.2 Å². The van der Waals surface area contributed by atoms with Crippen molar-refractivity contribution in [3.05, 3.63) is 0 Å². The number of nitrogens with one attached hydrogen (secondary N) is 2. The lowest BCUT2D eigenvalue weighted by atomic mass is 10.0. The Hall–Kier alpha value is -0.610. The van der Waals surface area contributed by atoms with E-state index in [1.54, 1.807) is 0 Å². The Labute approximate surface area is 111 Å². The lowest BCUT2D eigenvalue weighted by Gasteiger charge is -2.26. The third-order valence-corrected chi connectivity index (χ3v) is 3.59. The Morgan fingerprint density at radius 2 is 2.17 bits per heavy atom. The van der Waals surface area contributed by atoms with Crippen molar-refractivity contribution in [3.63, 3.8) is 0 Å². The summed E-state index contributed by atoms with van der Waals surface area (Å²) in [5, 5.41) is 6.30. The van der Waals surface area contributed by atoms with E-state index in [4.69, 9.17) is 4.74 Å². The van der Waals surface area contributed by atoms with Gasteiger partial charge in [-0.05, 0) is 40.0 Å². The van der Waals surface area contributed by atoms with Gasteiger partial charge in [0.05, 0.1) is 11.6 Å². The van der Waals surface area contributed by atoms with Gasteiger partial charge in [0.1, 0.15) is 0 Å². The number of ether oxygens (including phenoxy) is 1. The van der Waals surface area contributed by atoms with Crippen LogP contribution < -0.4 is 10.6 Å². The number of hydrogen-bond acceptors (Lipinski definition) is 3. The molecule has 0 saturated carbocycles. The normalized spacial score (nSPS) is 26.9. The average Bonchev–Trinajstić information content (AvgIpc) is 2.74. The summed E-state index contributed by atoms with van der Waals surface area (Å²) in [4.78, 5) is 11.9. The molecule has 0 aromatic carbocycles. The standard InChI is InChI=1S/C14H28N2O2/c1-5-7-11(2)16-13(17)12(3)15-10-14(4)8-6-9-18-14/h11-12,15H,5-10H2,1-4H3,(H,16,17). The fraction of sp³-hybridized carbons (Fsp3) is 0.929. The van der Waals surface area contributed by atoms with Gasteiger partial charge in [-0.3, -0.25) is 4.79 Å². The molecule has 1 heterocycles. The maximum absolute atomic E-state index is 11.9. The van der Waals surface area contributed by atoms with E-state index in [1.165, 1.54) is 0 Å². The first-order chi connectivity index (χ1) is 8.47. The maximum atomic E-state index is 11.9. The Bertz CT molecular complexity index is 263. The molecule has 4 nitrogen and oxygen atoms in total. The molecule has 0 radical (unpaired) electrons. The van der Waals surface area contributed by atoms with Crippen LogP contribution in [0.25, 0.3) is 0 Å². The highest BCUT2D eigenvalue weighted by Crippen LogP contribution is 2.23. The summed E-state index contributed by atoms with van der Waals surface area (Å²) in [5.74, 6) is 0.0811. The Morgan fingerprint density at radius 1 is 1.44 bits per heavy atom. The van der Waals surface area contributed by atoms with Crippen molar-refractivity contribution in [2.45, 2.75) is 71.1 Å². The molecule has 0 aliphatic carbocycles. The van der Waals surface area contributed by atoms with Crippen molar-refractivity contribution < 1.29 is 9.53 Å². The molecule has 1 rings (SSSR count). The smallest absolute Gasteiger partial charge is 0.237 e. The predicted octanol–water partition coefficient (Wildman–Crippen LogP) is 1.84. The van der Waals surface area contributed by atoms with Crippen LogP contribution >= 0.6 is 0 Å². The molecule has 18 heavy (non-hydrogen) atoms. The summed E-state index contributed by atoms with van der Waals surface area (Å²) in [6.07, 6.45) is 4.31. The summed E-state index contributed by atoms with van der Waals surface area (Å²) in [6, 6.07) is 0.0930. The highest BCUT2D eigenvalue weighted by atomic mass is 16.5. The van der Waals surface area contributed by atoms with Gasteiger partial charge in [-0.25, -0.2) is 0 Å². The maximum Gasteiger partial charge on any atom is 0.237 e. The van der Waals surface area contributed by atoms with E-state index in [-0.39, 0.29) is 23.6 Å². The minimum Gasteiger partial charge on any atom is -0.374 e. The summed E-state index contributed by atoms with van der Waals surface area (Å²) in [6.45, 7) is 9.78. The van der Waals surface area contributed by atoms with Crippen LogP contribution in [-0.2, 0) is 9.53 Å². The first-order valence-electron chi connectivity index (χ1n) is 7.14. The van der Waals surface area contributed by atoms with E-state index in [9.17, 15) is 4.79 Å². The van der Waals surface area contributed by atoms with Crippen molar-refractivity contribution in [2.24, 2.45) is 0 Å². The number of carbonyl (C=O) groups is 1. The van der Waals surface area contributed by atoms with Gasteiger partial charge in [-0.15, -0.1) is 0 Å². The number of carbonyl (C=O) groups excluding carboxylic acids is 1. The molecule has 106 valence electrons. The molecule has 3 unspecified atom stereocenters.